The fourth-order valence-corrected chi connectivity index (χ4v) is 1.94. The number of aliphatic hydroxyl groups is 1. The van der Waals surface area contributed by atoms with Crippen molar-refractivity contribution in [3.05, 3.63) is 23.8 Å². The molecule has 0 bridgehead atoms. The summed E-state index contributed by atoms with van der Waals surface area (Å²) < 4.78 is 0. The van der Waals surface area contributed by atoms with E-state index in [4.69, 9.17) is 10.8 Å². The SMILES string of the molecule is CC1=Nc2ccc(N)cc2C1CCO. The van der Waals surface area contributed by atoms with Gasteiger partial charge >= 0.3 is 0 Å². The van der Waals surface area contributed by atoms with Crippen LogP contribution in [0.4, 0.5) is 11.4 Å². The largest absolute Gasteiger partial charge is 0.399 e. The molecule has 1 aliphatic rings. The molecule has 0 fully saturated rings. The van der Waals surface area contributed by atoms with Gasteiger partial charge in [-0.3, -0.25) is 4.99 Å². The third-order valence-electron chi connectivity index (χ3n) is 2.65. The van der Waals surface area contributed by atoms with E-state index in [-0.39, 0.29) is 12.5 Å². The molecule has 1 unspecified atom stereocenters. The van der Waals surface area contributed by atoms with Crippen molar-refractivity contribution >= 4 is 17.1 Å². The minimum absolute atomic E-state index is 0.186. The van der Waals surface area contributed by atoms with Gasteiger partial charge in [-0.2, -0.15) is 0 Å². The molecule has 0 aromatic heterocycles. The maximum absolute atomic E-state index is 8.95. The Morgan fingerprint density at radius 1 is 1.50 bits per heavy atom. The number of aliphatic imine (C=N–C) groups is 1. The van der Waals surface area contributed by atoms with Gasteiger partial charge in [-0.1, -0.05) is 0 Å². The summed E-state index contributed by atoms with van der Waals surface area (Å²) in [6.45, 7) is 2.18. The van der Waals surface area contributed by atoms with E-state index in [0.717, 1.165) is 29.1 Å². The van der Waals surface area contributed by atoms with E-state index in [1.54, 1.807) is 0 Å². The molecule has 0 saturated heterocycles. The Morgan fingerprint density at radius 3 is 3.00 bits per heavy atom. The highest BCUT2D eigenvalue weighted by Crippen LogP contribution is 2.38. The summed E-state index contributed by atoms with van der Waals surface area (Å²) in [5.74, 6) is 0.249. The number of rotatable bonds is 2. The quantitative estimate of drug-likeness (QED) is 0.699. The molecule has 3 N–H and O–H groups in total. The first-order valence-electron chi connectivity index (χ1n) is 4.78. The molecule has 0 aliphatic carbocycles. The summed E-state index contributed by atoms with van der Waals surface area (Å²) >= 11 is 0. The molecule has 14 heavy (non-hydrogen) atoms. The zero-order valence-corrected chi connectivity index (χ0v) is 8.20. The number of hydrogen-bond donors (Lipinski definition) is 2. The Balaban J connectivity index is 2.40. The minimum atomic E-state index is 0.186. The van der Waals surface area contributed by atoms with Crippen LogP contribution in [-0.2, 0) is 0 Å². The molecule has 1 heterocycles. The van der Waals surface area contributed by atoms with Crippen LogP contribution in [0.3, 0.4) is 0 Å². The number of nitrogens with zero attached hydrogens (tertiary/aromatic N) is 1. The molecule has 3 nitrogen and oxygen atoms in total. The molecule has 0 saturated carbocycles. The van der Waals surface area contributed by atoms with Gasteiger partial charge in [-0.15, -0.1) is 0 Å². The summed E-state index contributed by atoms with van der Waals surface area (Å²) in [6.07, 6.45) is 0.728. The molecule has 1 aromatic carbocycles. The van der Waals surface area contributed by atoms with E-state index >= 15 is 0 Å². The zero-order valence-electron chi connectivity index (χ0n) is 8.20. The summed E-state index contributed by atoms with van der Waals surface area (Å²) in [5, 5.41) is 8.95. The lowest BCUT2D eigenvalue weighted by atomic mass is 9.93. The number of anilines is 1. The normalized spacial score (nSPS) is 19.3. The van der Waals surface area contributed by atoms with Crippen LogP contribution >= 0.6 is 0 Å². The molecule has 0 spiro atoms. The summed E-state index contributed by atoms with van der Waals surface area (Å²) in [5.41, 5.74) is 9.70. The fraction of sp³-hybridized carbons (Fsp3) is 0.364. The van der Waals surface area contributed by atoms with E-state index in [1.807, 2.05) is 25.1 Å². The van der Waals surface area contributed by atoms with Crippen LogP contribution in [0.25, 0.3) is 0 Å². The number of fused-ring (bicyclic) bond motifs is 1. The van der Waals surface area contributed by atoms with Crippen molar-refractivity contribution in [1.82, 2.24) is 0 Å². The maximum Gasteiger partial charge on any atom is 0.0669 e. The third kappa shape index (κ3) is 1.40. The molecule has 74 valence electrons. The van der Waals surface area contributed by atoms with E-state index < -0.39 is 0 Å². The van der Waals surface area contributed by atoms with Crippen molar-refractivity contribution in [2.45, 2.75) is 19.3 Å². The van der Waals surface area contributed by atoms with Crippen LogP contribution in [-0.4, -0.2) is 17.4 Å². The molecule has 1 aromatic rings. The van der Waals surface area contributed by atoms with Crippen molar-refractivity contribution in [3.8, 4) is 0 Å². The van der Waals surface area contributed by atoms with Crippen LogP contribution < -0.4 is 5.73 Å². The Bertz CT molecular complexity index is 385. The smallest absolute Gasteiger partial charge is 0.0669 e. The molecule has 3 heteroatoms. The van der Waals surface area contributed by atoms with Crippen molar-refractivity contribution in [1.29, 1.82) is 0 Å². The second kappa shape index (κ2) is 3.42. The first-order valence-corrected chi connectivity index (χ1v) is 4.78. The van der Waals surface area contributed by atoms with E-state index in [9.17, 15) is 0 Å². The predicted octanol–water partition coefficient (Wildman–Crippen LogP) is 1.84. The van der Waals surface area contributed by atoms with Crippen LogP contribution in [0.15, 0.2) is 23.2 Å². The predicted molar refractivity (Wildman–Crippen MR) is 58.1 cm³/mol. The van der Waals surface area contributed by atoms with Crippen LogP contribution in [0.2, 0.25) is 0 Å². The Morgan fingerprint density at radius 2 is 2.29 bits per heavy atom. The highest BCUT2D eigenvalue weighted by molar-refractivity contribution is 5.96. The Labute approximate surface area is 83.3 Å². The average Bonchev–Trinajstić information content (AvgIpc) is 2.45. The molecule has 1 aliphatic heterocycles. The van der Waals surface area contributed by atoms with Gasteiger partial charge in [-0.25, -0.2) is 0 Å². The first-order chi connectivity index (χ1) is 6.72. The zero-order chi connectivity index (χ0) is 10.1. The highest BCUT2D eigenvalue weighted by atomic mass is 16.3. The monoisotopic (exact) mass is 190 g/mol. The minimum Gasteiger partial charge on any atom is -0.399 e. The fourth-order valence-electron chi connectivity index (χ4n) is 1.94. The van der Waals surface area contributed by atoms with Crippen molar-refractivity contribution in [3.63, 3.8) is 0 Å². The van der Waals surface area contributed by atoms with Gasteiger partial charge < -0.3 is 10.8 Å². The van der Waals surface area contributed by atoms with Gasteiger partial charge in [0.25, 0.3) is 0 Å². The summed E-state index contributed by atoms with van der Waals surface area (Å²) in [4.78, 5) is 4.44. The Hall–Kier alpha value is -1.35. The van der Waals surface area contributed by atoms with Gasteiger partial charge in [0.15, 0.2) is 0 Å². The number of hydrogen-bond acceptors (Lipinski definition) is 3. The van der Waals surface area contributed by atoms with Crippen molar-refractivity contribution in [2.24, 2.45) is 4.99 Å². The number of nitrogens with two attached hydrogens (primary N) is 1. The maximum atomic E-state index is 8.95. The van der Waals surface area contributed by atoms with Gasteiger partial charge in [0, 0.05) is 23.9 Å². The first kappa shape index (κ1) is 9.21. The van der Waals surface area contributed by atoms with Crippen LogP contribution in [0.5, 0.6) is 0 Å². The lowest BCUT2D eigenvalue weighted by Gasteiger charge is -2.10. The van der Waals surface area contributed by atoms with E-state index in [2.05, 4.69) is 4.99 Å². The van der Waals surface area contributed by atoms with Crippen LogP contribution in [0.1, 0.15) is 24.8 Å². The van der Waals surface area contributed by atoms with Gasteiger partial charge in [0.1, 0.15) is 0 Å². The van der Waals surface area contributed by atoms with Gasteiger partial charge in [0.05, 0.1) is 5.69 Å². The topological polar surface area (TPSA) is 58.6 Å². The average molecular weight is 190 g/mol. The highest BCUT2D eigenvalue weighted by Gasteiger charge is 2.23. The summed E-state index contributed by atoms with van der Waals surface area (Å²) in [6, 6.07) is 5.75. The number of aliphatic hydroxyl groups excluding tert-OH is 1. The third-order valence-corrected chi connectivity index (χ3v) is 2.65. The second-order valence-electron chi connectivity index (χ2n) is 3.64. The van der Waals surface area contributed by atoms with Crippen molar-refractivity contribution in [2.75, 3.05) is 12.3 Å². The molecule has 2 rings (SSSR count). The standard InChI is InChI=1S/C11H14N2O/c1-7-9(4-5-14)10-6-8(12)2-3-11(10)13-7/h2-3,6,9,14H,4-5,12H2,1H3. The number of benzene rings is 1. The lowest BCUT2D eigenvalue weighted by Crippen LogP contribution is -2.06. The molecule has 0 radical (unpaired) electrons. The van der Waals surface area contributed by atoms with Crippen LogP contribution in [0, 0.1) is 0 Å². The number of nitrogen functional groups attached to an aromatic ring is 1. The lowest BCUT2D eigenvalue weighted by molar-refractivity contribution is 0.285. The summed E-state index contributed by atoms with van der Waals surface area (Å²) in [7, 11) is 0. The Kier molecular flexibility index (Phi) is 2.25. The molecule has 1 atom stereocenters. The van der Waals surface area contributed by atoms with E-state index in [1.165, 1.54) is 0 Å². The second-order valence-corrected chi connectivity index (χ2v) is 3.64. The molecule has 0 amide bonds. The van der Waals surface area contributed by atoms with Gasteiger partial charge in [-0.05, 0) is 37.1 Å². The van der Waals surface area contributed by atoms with Gasteiger partial charge in [0.2, 0.25) is 0 Å². The van der Waals surface area contributed by atoms with E-state index in [0.29, 0.717) is 0 Å². The molecular weight excluding hydrogens is 176 g/mol. The van der Waals surface area contributed by atoms with Crippen molar-refractivity contribution < 1.29 is 5.11 Å². The molecular formula is C11H14N2O.